The molecule has 0 bridgehead atoms. The van der Waals surface area contributed by atoms with E-state index in [1.807, 2.05) is 42.5 Å². The van der Waals surface area contributed by atoms with Crippen molar-refractivity contribution in [2.24, 2.45) is 0 Å². The van der Waals surface area contributed by atoms with Gasteiger partial charge in [-0.3, -0.25) is 4.98 Å². The van der Waals surface area contributed by atoms with Gasteiger partial charge in [-0.2, -0.15) is 0 Å². The largest absolute Gasteiger partial charge is 0.478 e. The standard InChI is InChI=1S/C24H20N2O3S/c1-15-23(29-14-16-7-5-6-12-25-16)21-18(24(27)28)10-11-19-22(21)20(30-15)13-26(19)17-8-3-2-4-9-17/h2-13,15,23H,14H2,1H3,(H,27,28). The first-order chi connectivity index (χ1) is 14.6. The Labute approximate surface area is 178 Å². The van der Waals surface area contributed by atoms with Crippen molar-refractivity contribution in [1.29, 1.82) is 0 Å². The van der Waals surface area contributed by atoms with Crippen LogP contribution in [0.5, 0.6) is 0 Å². The number of thioether (sulfide) groups is 1. The molecular formula is C24H20N2O3S. The van der Waals surface area contributed by atoms with E-state index in [0.29, 0.717) is 12.2 Å². The molecular weight excluding hydrogens is 396 g/mol. The topological polar surface area (TPSA) is 64.4 Å². The lowest BCUT2D eigenvalue weighted by Gasteiger charge is -2.30. The molecule has 30 heavy (non-hydrogen) atoms. The average molecular weight is 417 g/mol. The normalized spacial score (nSPS) is 17.9. The first-order valence-corrected chi connectivity index (χ1v) is 10.7. The summed E-state index contributed by atoms with van der Waals surface area (Å²) in [4.78, 5) is 17.5. The van der Waals surface area contributed by atoms with Crippen molar-refractivity contribution < 1.29 is 14.6 Å². The molecule has 5 rings (SSSR count). The van der Waals surface area contributed by atoms with Gasteiger partial charge in [-0.25, -0.2) is 4.79 Å². The molecule has 6 heteroatoms. The second kappa shape index (κ2) is 7.63. The third-order valence-corrected chi connectivity index (χ3v) is 6.58. The number of rotatable bonds is 5. The maximum absolute atomic E-state index is 12.1. The fourth-order valence-electron chi connectivity index (χ4n) is 4.07. The molecule has 3 heterocycles. The Morgan fingerprint density at radius 2 is 1.93 bits per heavy atom. The van der Waals surface area contributed by atoms with Crippen molar-refractivity contribution in [3.63, 3.8) is 0 Å². The van der Waals surface area contributed by atoms with Crippen LogP contribution in [0.4, 0.5) is 0 Å². The molecule has 0 amide bonds. The molecule has 1 N–H and O–H groups in total. The highest BCUT2D eigenvalue weighted by Crippen LogP contribution is 2.49. The van der Waals surface area contributed by atoms with E-state index in [1.54, 1.807) is 24.0 Å². The molecule has 150 valence electrons. The zero-order valence-corrected chi connectivity index (χ0v) is 17.2. The molecule has 0 aliphatic carbocycles. The summed E-state index contributed by atoms with van der Waals surface area (Å²) >= 11 is 1.72. The molecule has 2 aromatic heterocycles. The van der Waals surface area contributed by atoms with Crippen molar-refractivity contribution in [3.05, 3.63) is 89.9 Å². The van der Waals surface area contributed by atoms with Gasteiger partial charge in [0.25, 0.3) is 0 Å². The van der Waals surface area contributed by atoms with E-state index in [9.17, 15) is 9.90 Å². The van der Waals surface area contributed by atoms with Crippen molar-refractivity contribution in [1.82, 2.24) is 9.55 Å². The quantitative estimate of drug-likeness (QED) is 0.467. The van der Waals surface area contributed by atoms with Gasteiger partial charge in [0.05, 0.1) is 29.5 Å². The van der Waals surface area contributed by atoms with Gasteiger partial charge >= 0.3 is 5.97 Å². The molecule has 1 aliphatic rings. The Morgan fingerprint density at radius 1 is 1.13 bits per heavy atom. The number of ether oxygens (including phenoxy) is 1. The predicted molar refractivity (Wildman–Crippen MR) is 117 cm³/mol. The molecule has 2 unspecified atom stereocenters. The smallest absolute Gasteiger partial charge is 0.336 e. The van der Waals surface area contributed by atoms with Crippen LogP contribution in [0.25, 0.3) is 16.6 Å². The van der Waals surface area contributed by atoms with Crippen LogP contribution in [-0.4, -0.2) is 25.9 Å². The lowest BCUT2D eigenvalue weighted by Crippen LogP contribution is -2.22. The van der Waals surface area contributed by atoms with Crippen LogP contribution in [0, 0.1) is 0 Å². The Bertz CT molecular complexity index is 1220. The first-order valence-electron chi connectivity index (χ1n) is 9.78. The summed E-state index contributed by atoms with van der Waals surface area (Å²) in [7, 11) is 0. The van der Waals surface area contributed by atoms with E-state index in [4.69, 9.17) is 4.74 Å². The Hall–Kier alpha value is -3.09. The average Bonchev–Trinajstić information content (AvgIpc) is 3.14. The van der Waals surface area contributed by atoms with Gasteiger partial charge in [0, 0.05) is 39.2 Å². The van der Waals surface area contributed by atoms with Crippen LogP contribution in [0.1, 0.15) is 34.6 Å². The van der Waals surface area contributed by atoms with Crippen LogP contribution in [-0.2, 0) is 11.3 Å². The summed E-state index contributed by atoms with van der Waals surface area (Å²) in [5, 5.41) is 10.9. The molecule has 0 spiro atoms. The van der Waals surface area contributed by atoms with E-state index in [2.05, 4.69) is 34.8 Å². The molecule has 0 radical (unpaired) electrons. The molecule has 0 saturated carbocycles. The maximum atomic E-state index is 12.1. The monoisotopic (exact) mass is 416 g/mol. The van der Waals surface area contributed by atoms with Crippen LogP contribution >= 0.6 is 11.8 Å². The second-order valence-electron chi connectivity index (χ2n) is 7.30. The number of nitrogens with zero attached hydrogens (tertiary/aromatic N) is 2. The highest BCUT2D eigenvalue weighted by atomic mass is 32.2. The van der Waals surface area contributed by atoms with Crippen LogP contribution in [0.2, 0.25) is 0 Å². The fourth-order valence-corrected chi connectivity index (χ4v) is 5.30. The van der Waals surface area contributed by atoms with E-state index >= 15 is 0 Å². The van der Waals surface area contributed by atoms with E-state index in [0.717, 1.165) is 32.7 Å². The molecule has 5 nitrogen and oxygen atoms in total. The third-order valence-electron chi connectivity index (χ3n) is 5.40. The molecule has 4 aromatic rings. The minimum Gasteiger partial charge on any atom is -0.478 e. The number of carboxylic acids is 1. The van der Waals surface area contributed by atoms with Gasteiger partial charge in [0.15, 0.2) is 0 Å². The zero-order chi connectivity index (χ0) is 20.7. The van der Waals surface area contributed by atoms with E-state index in [-0.39, 0.29) is 11.4 Å². The molecule has 1 aliphatic heterocycles. The van der Waals surface area contributed by atoms with Gasteiger partial charge < -0.3 is 14.4 Å². The number of hydrogen-bond acceptors (Lipinski definition) is 4. The van der Waals surface area contributed by atoms with Crippen molar-refractivity contribution in [2.75, 3.05) is 0 Å². The minimum atomic E-state index is -0.934. The van der Waals surface area contributed by atoms with Crippen LogP contribution in [0.15, 0.2) is 78.0 Å². The van der Waals surface area contributed by atoms with Crippen LogP contribution in [0.3, 0.4) is 0 Å². The molecule has 2 atom stereocenters. The summed E-state index contributed by atoms with van der Waals surface area (Å²) < 4.78 is 8.40. The SMILES string of the molecule is CC1Sc2cn(-c3ccccc3)c3ccc(C(=O)O)c(c23)C1OCc1ccccn1. The second-order valence-corrected chi connectivity index (χ2v) is 8.72. The van der Waals surface area contributed by atoms with Crippen LogP contribution < -0.4 is 0 Å². The predicted octanol–water partition coefficient (Wildman–Crippen LogP) is 5.48. The Morgan fingerprint density at radius 3 is 2.67 bits per heavy atom. The third kappa shape index (κ3) is 3.18. The maximum Gasteiger partial charge on any atom is 0.336 e. The van der Waals surface area contributed by atoms with E-state index in [1.165, 1.54) is 0 Å². The summed E-state index contributed by atoms with van der Waals surface area (Å²) in [6.07, 6.45) is 3.50. The van der Waals surface area contributed by atoms with E-state index < -0.39 is 5.97 Å². The van der Waals surface area contributed by atoms with Gasteiger partial charge in [-0.05, 0) is 36.4 Å². The Balaban J connectivity index is 1.66. The number of benzene rings is 2. The van der Waals surface area contributed by atoms with Crippen molar-refractivity contribution in [2.45, 2.75) is 29.8 Å². The number of aromatic nitrogens is 2. The van der Waals surface area contributed by atoms with Gasteiger partial charge in [-0.1, -0.05) is 31.2 Å². The lowest BCUT2D eigenvalue weighted by molar-refractivity contribution is 0.0376. The van der Waals surface area contributed by atoms with Gasteiger partial charge in [0.1, 0.15) is 0 Å². The molecule has 0 fully saturated rings. The highest BCUT2D eigenvalue weighted by Gasteiger charge is 2.35. The number of pyridine rings is 1. The molecule has 0 saturated heterocycles. The number of carboxylic acid groups (broad SMARTS) is 1. The number of carbonyl (C=O) groups is 1. The first kappa shape index (κ1) is 18.9. The van der Waals surface area contributed by atoms with Crippen molar-refractivity contribution in [3.8, 4) is 5.69 Å². The number of hydrogen-bond donors (Lipinski definition) is 1. The highest BCUT2D eigenvalue weighted by molar-refractivity contribution is 8.00. The van der Waals surface area contributed by atoms with Crippen molar-refractivity contribution >= 4 is 28.6 Å². The lowest BCUT2D eigenvalue weighted by atomic mass is 9.95. The molecule has 2 aromatic carbocycles. The number of para-hydroxylation sites is 1. The summed E-state index contributed by atoms with van der Waals surface area (Å²) in [6.45, 7) is 2.42. The Kier molecular flexibility index (Phi) is 4.81. The fraction of sp³-hybridized carbons (Fsp3) is 0.167. The number of aromatic carboxylic acids is 1. The zero-order valence-electron chi connectivity index (χ0n) is 16.4. The minimum absolute atomic E-state index is 0.0662. The van der Waals surface area contributed by atoms with Gasteiger partial charge in [-0.15, -0.1) is 11.8 Å². The van der Waals surface area contributed by atoms with Gasteiger partial charge in [0.2, 0.25) is 0 Å². The summed E-state index contributed by atoms with van der Waals surface area (Å²) in [6, 6.07) is 19.4. The summed E-state index contributed by atoms with van der Waals surface area (Å²) in [5.74, 6) is -0.934. The summed E-state index contributed by atoms with van der Waals surface area (Å²) in [5.41, 5.74) is 3.91.